The average Bonchev–Trinajstić information content (AvgIpc) is 3.09. The van der Waals surface area contributed by atoms with E-state index < -0.39 is 0 Å². The van der Waals surface area contributed by atoms with E-state index in [0.29, 0.717) is 38.2 Å². The topological polar surface area (TPSA) is 77.3 Å². The van der Waals surface area contributed by atoms with E-state index >= 15 is 0 Å². The molecule has 7 heteroatoms. The largest absolute Gasteiger partial charge is 0.466 e. The number of ether oxygens (including phenoxy) is 1. The molecular weight excluding hydrogens is 392 g/mol. The van der Waals surface area contributed by atoms with Crippen molar-refractivity contribution in [2.24, 2.45) is 5.92 Å². The molecule has 1 aromatic carbocycles. The highest BCUT2D eigenvalue weighted by atomic mass is 16.5. The van der Waals surface area contributed by atoms with Crippen molar-refractivity contribution < 1.29 is 14.3 Å². The number of amides is 1. The number of aromatic nitrogens is 3. The second-order valence-electron chi connectivity index (χ2n) is 8.08. The first-order valence-electron chi connectivity index (χ1n) is 10.8. The van der Waals surface area contributed by atoms with Gasteiger partial charge in [0.05, 0.1) is 18.2 Å². The van der Waals surface area contributed by atoms with Crippen LogP contribution in [0.1, 0.15) is 31.0 Å². The van der Waals surface area contributed by atoms with Crippen molar-refractivity contribution in [3.8, 4) is 11.1 Å². The van der Waals surface area contributed by atoms with Crippen LogP contribution in [0.15, 0.2) is 36.5 Å². The molecular formula is C24H28N4O3. The van der Waals surface area contributed by atoms with Gasteiger partial charge >= 0.3 is 5.97 Å². The summed E-state index contributed by atoms with van der Waals surface area (Å²) in [6.07, 6.45) is 3.05. The van der Waals surface area contributed by atoms with Gasteiger partial charge in [-0.15, -0.1) is 0 Å². The van der Waals surface area contributed by atoms with E-state index in [1.54, 1.807) is 10.9 Å². The smallest absolute Gasteiger partial charge is 0.309 e. The van der Waals surface area contributed by atoms with Crippen LogP contribution in [-0.4, -0.2) is 51.2 Å². The molecule has 0 aliphatic carbocycles. The predicted octanol–water partition coefficient (Wildman–Crippen LogP) is 3.52. The van der Waals surface area contributed by atoms with Crippen molar-refractivity contribution >= 4 is 22.9 Å². The van der Waals surface area contributed by atoms with Crippen LogP contribution in [0, 0.1) is 19.8 Å². The highest BCUT2D eigenvalue weighted by Gasteiger charge is 2.28. The van der Waals surface area contributed by atoms with Crippen molar-refractivity contribution in [3.63, 3.8) is 0 Å². The van der Waals surface area contributed by atoms with E-state index in [9.17, 15) is 9.59 Å². The van der Waals surface area contributed by atoms with Crippen LogP contribution in [0.3, 0.4) is 0 Å². The van der Waals surface area contributed by atoms with Gasteiger partial charge in [0.1, 0.15) is 6.54 Å². The van der Waals surface area contributed by atoms with Gasteiger partial charge in [-0.05, 0) is 50.8 Å². The number of hydrogen-bond acceptors (Lipinski definition) is 5. The Morgan fingerprint density at radius 2 is 1.94 bits per heavy atom. The van der Waals surface area contributed by atoms with Crippen LogP contribution < -0.4 is 0 Å². The van der Waals surface area contributed by atoms with Crippen LogP contribution in [0.4, 0.5) is 0 Å². The maximum Gasteiger partial charge on any atom is 0.309 e. The molecule has 3 aromatic rings. The number of esters is 1. The van der Waals surface area contributed by atoms with E-state index in [4.69, 9.17) is 4.74 Å². The Hall–Kier alpha value is -3.22. The van der Waals surface area contributed by atoms with Crippen LogP contribution in [0.25, 0.3) is 22.2 Å². The fraction of sp³-hybridized carbons (Fsp3) is 0.417. The quantitative estimate of drug-likeness (QED) is 0.590. The van der Waals surface area contributed by atoms with Gasteiger partial charge in [0.15, 0.2) is 5.65 Å². The minimum absolute atomic E-state index is 0.00512. The van der Waals surface area contributed by atoms with Crippen molar-refractivity contribution in [2.75, 3.05) is 19.7 Å². The van der Waals surface area contributed by atoms with Crippen LogP contribution in [0.5, 0.6) is 0 Å². The maximum absolute atomic E-state index is 12.9. The van der Waals surface area contributed by atoms with Gasteiger partial charge in [-0.2, -0.15) is 5.10 Å². The van der Waals surface area contributed by atoms with Crippen molar-refractivity contribution in [3.05, 3.63) is 47.8 Å². The molecule has 0 bridgehead atoms. The molecule has 0 N–H and O–H groups in total. The minimum Gasteiger partial charge on any atom is -0.466 e. The Bertz CT molecular complexity index is 1110. The Morgan fingerprint density at radius 1 is 1.16 bits per heavy atom. The van der Waals surface area contributed by atoms with Crippen LogP contribution in [-0.2, 0) is 20.9 Å². The third kappa shape index (κ3) is 4.31. The lowest BCUT2D eigenvalue weighted by molar-refractivity contribution is -0.151. The molecule has 7 nitrogen and oxygen atoms in total. The Kier molecular flexibility index (Phi) is 6.02. The summed E-state index contributed by atoms with van der Waals surface area (Å²) in [6.45, 7) is 7.48. The first-order chi connectivity index (χ1) is 15.0. The molecule has 162 valence electrons. The summed E-state index contributed by atoms with van der Waals surface area (Å²) < 4.78 is 6.81. The standard InChI is InChI=1S/C24H28N4O3/c1-4-31-24(30)18-9-12-27(13-10-18)21(29)15-28-23-22(17(3)26-28)20(8-11-25-23)19-7-5-6-16(2)14-19/h5-8,11,14,18H,4,9-10,12-13,15H2,1-3H3. The number of rotatable bonds is 5. The van der Waals surface area contributed by atoms with Crippen molar-refractivity contribution in [1.82, 2.24) is 19.7 Å². The van der Waals surface area contributed by atoms with E-state index in [-0.39, 0.29) is 24.3 Å². The molecule has 1 aliphatic rings. The molecule has 3 heterocycles. The molecule has 0 atom stereocenters. The van der Waals surface area contributed by atoms with E-state index in [2.05, 4.69) is 35.2 Å². The van der Waals surface area contributed by atoms with Crippen LogP contribution >= 0.6 is 0 Å². The first kappa shape index (κ1) is 21.0. The number of carbonyl (C=O) groups excluding carboxylic acids is 2. The summed E-state index contributed by atoms with van der Waals surface area (Å²) in [6, 6.07) is 10.3. The third-order valence-corrected chi connectivity index (χ3v) is 5.89. The lowest BCUT2D eigenvalue weighted by Gasteiger charge is -2.30. The van der Waals surface area contributed by atoms with E-state index in [1.165, 1.54) is 5.56 Å². The zero-order valence-electron chi connectivity index (χ0n) is 18.3. The number of fused-ring (bicyclic) bond motifs is 1. The third-order valence-electron chi connectivity index (χ3n) is 5.89. The zero-order chi connectivity index (χ0) is 22.0. The molecule has 1 aliphatic heterocycles. The summed E-state index contributed by atoms with van der Waals surface area (Å²) in [4.78, 5) is 31.2. The Labute approximate surface area is 182 Å². The molecule has 31 heavy (non-hydrogen) atoms. The molecule has 1 fully saturated rings. The zero-order valence-corrected chi connectivity index (χ0v) is 18.3. The predicted molar refractivity (Wildman–Crippen MR) is 118 cm³/mol. The molecule has 0 unspecified atom stereocenters. The highest BCUT2D eigenvalue weighted by Crippen LogP contribution is 2.30. The summed E-state index contributed by atoms with van der Waals surface area (Å²) >= 11 is 0. The number of pyridine rings is 1. The van der Waals surface area contributed by atoms with Crippen LogP contribution in [0.2, 0.25) is 0 Å². The molecule has 1 amide bonds. The number of piperidine rings is 1. The van der Waals surface area contributed by atoms with Crippen molar-refractivity contribution in [2.45, 2.75) is 40.2 Å². The molecule has 0 saturated carbocycles. The van der Waals surface area contributed by atoms with Gasteiger partial charge in [-0.1, -0.05) is 29.8 Å². The maximum atomic E-state index is 12.9. The number of hydrogen-bond donors (Lipinski definition) is 0. The summed E-state index contributed by atoms with van der Waals surface area (Å²) in [7, 11) is 0. The Morgan fingerprint density at radius 3 is 2.65 bits per heavy atom. The second-order valence-corrected chi connectivity index (χ2v) is 8.08. The molecule has 0 spiro atoms. The number of nitrogens with zero attached hydrogens (tertiary/aromatic N) is 4. The lowest BCUT2D eigenvalue weighted by Crippen LogP contribution is -2.42. The number of carbonyl (C=O) groups is 2. The van der Waals surface area contributed by atoms with Gasteiger partial charge in [-0.25, -0.2) is 9.67 Å². The second kappa shape index (κ2) is 8.88. The fourth-order valence-corrected chi connectivity index (χ4v) is 4.30. The van der Waals surface area contributed by atoms with Gasteiger partial charge in [0, 0.05) is 24.7 Å². The Balaban J connectivity index is 1.53. The summed E-state index contributed by atoms with van der Waals surface area (Å²) in [5.41, 5.74) is 4.94. The summed E-state index contributed by atoms with van der Waals surface area (Å²) in [5, 5.41) is 5.61. The van der Waals surface area contributed by atoms with Gasteiger partial charge < -0.3 is 9.64 Å². The molecule has 4 rings (SSSR count). The monoisotopic (exact) mass is 420 g/mol. The molecule has 2 aromatic heterocycles. The highest BCUT2D eigenvalue weighted by molar-refractivity contribution is 5.95. The normalized spacial score (nSPS) is 14.7. The van der Waals surface area contributed by atoms with Gasteiger partial charge in [0.25, 0.3) is 0 Å². The van der Waals surface area contributed by atoms with E-state index in [1.807, 2.05) is 30.9 Å². The number of likely N-dealkylation sites (tertiary alicyclic amines) is 1. The fourth-order valence-electron chi connectivity index (χ4n) is 4.30. The average molecular weight is 421 g/mol. The lowest BCUT2D eigenvalue weighted by atomic mass is 9.97. The van der Waals surface area contributed by atoms with Gasteiger partial charge in [-0.3, -0.25) is 9.59 Å². The minimum atomic E-state index is -0.156. The molecule has 1 saturated heterocycles. The number of benzene rings is 1. The molecule has 0 radical (unpaired) electrons. The SMILES string of the molecule is CCOC(=O)C1CCN(C(=O)Cn2nc(C)c3c(-c4cccc(C)c4)ccnc32)CC1. The summed E-state index contributed by atoms with van der Waals surface area (Å²) in [5.74, 6) is -0.277. The number of aryl methyl sites for hydroxylation is 2. The first-order valence-corrected chi connectivity index (χ1v) is 10.8. The van der Waals surface area contributed by atoms with E-state index in [0.717, 1.165) is 22.2 Å². The van der Waals surface area contributed by atoms with Crippen molar-refractivity contribution in [1.29, 1.82) is 0 Å². The van der Waals surface area contributed by atoms with Gasteiger partial charge in [0.2, 0.25) is 5.91 Å².